The third-order valence-electron chi connectivity index (χ3n) is 5.47. The van der Waals surface area contributed by atoms with Gasteiger partial charge >= 0.3 is 0 Å². The molecule has 24 heavy (non-hydrogen) atoms. The van der Waals surface area contributed by atoms with E-state index in [2.05, 4.69) is 65.3 Å². The summed E-state index contributed by atoms with van der Waals surface area (Å²) in [6, 6.07) is 18.1. The topological polar surface area (TPSA) is 26.7 Å². The monoisotopic (exact) mass is 322 g/mol. The largest absolute Gasteiger partial charge is 0.392 e. The normalized spacial score (nSPS) is 24.9. The lowest BCUT2D eigenvalue weighted by molar-refractivity contribution is 0.0972. The van der Waals surface area contributed by atoms with E-state index in [9.17, 15) is 5.11 Å². The van der Waals surface area contributed by atoms with E-state index in [1.54, 1.807) is 0 Å². The summed E-state index contributed by atoms with van der Waals surface area (Å²) in [6.07, 6.45) is 0.805. The summed E-state index contributed by atoms with van der Waals surface area (Å²) in [5, 5.41) is 9.86. The standard InChI is InChI=1S/C21H26N2O/c1-16-5-2-3-8-21(16)18-7-4-6-17(11-18)13-22-9-10-23-15-20(24)12-19(23)14-22/h2-8,11,19-20,24H,9-10,12-15H2,1H3/t19-,20+/m0/s1. The first-order valence-electron chi connectivity index (χ1n) is 8.98. The predicted octanol–water partition coefficient (Wildman–Crippen LogP) is 2.91. The highest BCUT2D eigenvalue weighted by molar-refractivity contribution is 5.67. The molecule has 126 valence electrons. The molecule has 2 saturated heterocycles. The van der Waals surface area contributed by atoms with Gasteiger partial charge in [-0.15, -0.1) is 0 Å². The van der Waals surface area contributed by atoms with Crippen molar-refractivity contribution in [3.63, 3.8) is 0 Å². The maximum absolute atomic E-state index is 9.86. The van der Waals surface area contributed by atoms with Crippen LogP contribution >= 0.6 is 0 Å². The molecule has 0 bridgehead atoms. The molecule has 0 spiro atoms. The molecule has 4 rings (SSSR count). The second kappa shape index (κ2) is 6.67. The van der Waals surface area contributed by atoms with Crippen LogP contribution in [-0.2, 0) is 6.54 Å². The molecule has 2 atom stereocenters. The smallest absolute Gasteiger partial charge is 0.0682 e. The highest BCUT2D eigenvalue weighted by Crippen LogP contribution is 2.26. The molecule has 0 unspecified atom stereocenters. The van der Waals surface area contributed by atoms with E-state index in [-0.39, 0.29) is 6.10 Å². The molecule has 0 saturated carbocycles. The second-order valence-electron chi connectivity index (χ2n) is 7.29. The van der Waals surface area contributed by atoms with Crippen LogP contribution in [0, 0.1) is 6.92 Å². The van der Waals surface area contributed by atoms with E-state index in [0.717, 1.165) is 39.1 Å². The lowest BCUT2D eigenvalue weighted by atomic mass is 9.98. The third kappa shape index (κ3) is 3.25. The van der Waals surface area contributed by atoms with Gasteiger partial charge in [-0.2, -0.15) is 0 Å². The lowest BCUT2D eigenvalue weighted by Crippen LogP contribution is -2.49. The average molecular weight is 322 g/mol. The van der Waals surface area contributed by atoms with Gasteiger partial charge in [0, 0.05) is 38.8 Å². The lowest BCUT2D eigenvalue weighted by Gasteiger charge is -2.37. The van der Waals surface area contributed by atoms with Crippen molar-refractivity contribution in [1.29, 1.82) is 0 Å². The Balaban J connectivity index is 1.48. The molecular weight excluding hydrogens is 296 g/mol. The average Bonchev–Trinajstić information content (AvgIpc) is 2.95. The summed E-state index contributed by atoms with van der Waals surface area (Å²) in [4.78, 5) is 4.99. The van der Waals surface area contributed by atoms with Crippen molar-refractivity contribution >= 4 is 0 Å². The zero-order valence-corrected chi connectivity index (χ0v) is 14.4. The van der Waals surface area contributed by atoms with Crippen LogP contribution in [0.3, 0.4) is 0 Å². The number of fused-ring (bicyclic) bond motifs is 1. The Bertz CT molecular complexity index is 714. The molecule has 0 radical (unpaired) electrons. The highest BCUT2D eigenvalue weighted by Gasteiger charge is 2.34. The number of aliphatic hydroxyl groups is 1. The molecule has 2 aliphatic rings. The van der Waals surface area contributed by atoms with Gasteiger partial charge in [0.2, 0.25) is 0 Å². The fraction of sp³-hybridized carbons (Fsp3) is 0.429. The van der Waals surface area contributed by atoms with Crippen LogP contribution in [-0.4, -0.2) is 53.2 Å². The van der Waals surface area contributed by atoms with E-state index in [1.807, 2.05) is 0 Å². The summed E-state index contributed by atoms with van der Waals surface area (Å²) in [7, 11) is 0. The van der Waals surface area contributed by atoms with Crippen LogP contribution in [0.4, 0.5) is 0 Å². The van der Waals surface area contributed by atoms with Gasteiger partial charge in [-0.1, -0.05) is 42.5 Å². The Morgan fingerprint density at radius 1 is 1.04 bits per heavy atom. The molecule has 2 aliphatic heterocycles. The number of hydrogen-bond donors (Lipinski definition) is 1. The Kier molecular flexibility index (Phi) is 4.40. The zero-order chi connectivity index (χ0) is 16.5. The maximum Gasteiger partial charge on any atom is 0.0682 e. The van der Waals surface area contributed by atoms with E-state index in [4.69, 9.17) is 0 Å². The van der Waals surface area contributed by atoms with Crippen molar-refractivity contribution in [2.45, 2.75) is 32.0 Å². The summed E-state index contributed by atoms with van der Waals surface area (Å²) < 4.78 is 0. The van der Waals surface area contributed by atoms with E-state index >= 15 is 0 Å². The van der Waals surface area contributed by atoms with Crippen LogP contribution in [0.5, 0.6) is 0 Å². The number of hydrogen-bond acceptors (Lipinski definition) is 3. The molecule has 2 aromatic rings. The van der Waals surface area contributed by atoms with Crippen LogP contribution in [0.25, 0.3) is 11.1 Å². The quantitative estimate of drug-likeness (QED) is 0.941. The van der Waals surface area contributed by atoms with Gasteiger partial charge in [-0.05, 0) is 41.7 Å². The Morgan fingerprint density at radius 3 is 2.79 bits per heavy atom. The van der Waals surface area contributed by atoms with Gasteiger partial charge in [0.25, 0.3) is 0 Å². The van der Waals surface area contributed by atoms with Gasteiger partial charge in [0.05, 0.1) is 6.10 Å². The molecule has 1 N–H and O–H groups in total. The van der Waals surface area contributed by atoms with Crippen LogP contribution in [0.1, 0.15) is 17.5 Å². The number of aryl methyl sites for hydroxylation is 1. The molecule has 0 aromatic heterocycles. The molecular formula is C21H26N2O. The minimum atomic E-state index is -0.126. The number of piperazine rings is 1. The summed E-state index contributed by atoms with van der Waals surface area (Å²) in [5.41, 5.74) is 5.33. The molecule has 3 heteroatoms. The molecule has 0 amide bonds. The first kappa shape index (κ1) is 15.8. The van der Waals surface area contributed by atoms with Gasteiger partial charge in [-0.25, -0.2) is 0 Å². The minimum absolute atomic E-state index is 0.126. The van der Waals surface area contributed by atoms with Crippen molar-refractivity contribution in [2.75, 3.05) is 26.2 Å². The van der Waals surface area contributed by atoms with Gasteiger partial charge in [0.1, 0.15) is 0 Å². The predicted molar refractivity (Wildman–Crippen MR) is 97.9 cm³/mol. The molecule has 2 heterocycles. The fourth-order valence-corrected chi connectivity index (χ4v) is 4.22. The molecule has 0 aliphatic carbocycles. The first-order chi connectivity index (χ1) is 11.7. The van der Waals surface area contributed by atoms with Gasteiger partial charge < -0.3 is 5.11 Å². The van der Waals surface area contributed by atoms with Crippen molar-refractivity contribution in [2.24, 2.45) is 0 Å². The number of nitrogens with zero attached hydrogens (tertiary/aromatic N) is 2. The van der Waals surface area contributed by atoms with E-state index in [1.165, 1.54) is 22.3 Å². The van der Waals surface area contributed by atoms with E-state index in [0.29, 0.717) is 6.04 Å². The number of aliphatic hydroxyl groups excluding tert-OH is 1. The van der Waals surface area contributed by atoms with Crippen LogP contribution in [0.15, 0.2) is 48.5 Å². The Labute approximate surface area is 144 Å². The van der Waals surface area contributed by atoms with Crippen LogP contribution < -0.4 is 0 Å². The molecule has 3 nitrogen and oxygen atoms in total. The van der Waals surface area contributed by atoms with Crippen molar-refractivity contribution < 1.29 is 5.11 Å². The summed E-state index contributed by atoms with van der Waals surface area (Å²) in [5.74, 6) is 0. The Hall–Kier alpha value is -1.68. The van der Waals surface area contributed by atoms with Crippen LogP contribution in [0.2, 0.25) is 0 Å². The zero-order valence-electron chi connectivity index (χ0n) is 14.4. The first-order valence-corrected chi connectivity index (χ1v) is 8.98. The molecule has 2 aromatic carbocycles. The van der Waals surface area contributed by atoms with Crippen molar-refractivity contribution in [3.05, 3.63) is 59.7 Å². The summed E-state index contributed by atoms with van der Waals surface area (Å²) >= 11 is 0. The Morgan fingerprint density at radius 2 is 1.92 bits per heavy atom. The fourth-order valence-electron chi connectivity index (χ4n) is 4.22. The molecule has 2 fully saturated rings. The second-order valence-corrected chi connectivity index (χ2v) is 7.29. The SMILES string of the molecule is Cc1ccccc1-c1cccc(CN2CCN3C[C@H](O)C[C@H]3C2)c1. The number of benzene rings is 2. The third-order valence-corrected chi connectivity index (χ3v) is 5.47. The number of rotatable bonds is 3. The summed E-state index contributed by atoms with van der Waals surface area (Å²) in [6.45, 7) is 7.29. The minimum Gasteiger partial charge on any atom is -0.392 e. The van der Waals surface area contributed by atoms with Gasteiger partial charge in [0.15, 0.2) is 0 Å². The van der Waals surface area contributed by atoms with E-state index < -0.39 is 0 Å². The van der Waals surface area contributed by atoms with Crippen molar-refractivity contribution in [1.82, 2.24) is 9.80 Å². The maximum atomic E-state index is 9.86. The van der Waals surface area contributed by atoms with Gasteiger partial charge in [-0.3, -0.25) is 9.80 Å². The highest BCUT2D eigenvalue weighted by atomic mass is 16.3. The van der Waals surface area contributed by atoms with Crippen molar-refractivity contribution in [3.8, 4) is 11.1 Å².